The van der Waals surface area contributed by atoms with E-state index < -0.39 is 53.8 Å². The molecule has 0 heterocycles. The molecule has 4 unspecified atom stereocenters. The summed E-state index contributed by atoms with van der Waals surface area (Å²) in [5, 5.41) is 16.3. The molecule has 0 aliphatic heterocycles. The number of aliphatic imine (C=N–C) groups is 1. The average Bonchev–Trinajstić information content (AvgIpc) is 2.67. The molecule has 4 amide bonds. The monoisotopic (exact) mass is 444 g/mol. The lowest BCUT2D eigenvalue weighted by Gasteiger charge is -2.21. The van der Waals surface area contributed by atoms with Crippen LogP contribution >= 0.6 is 0 Å². The quantitative estimate of drug-likeness (QED) is 0.0741. The number of primary amides is 1. The maximum Gasteiger partial charge on any atom is 0.326 e. The van der Waals surface area contributed by atoms with Crippen molar-refractivity contribution in [3.63, 3.8) is 0 Å². The summed E-state index contributed by atoms with van der Waals surface area (Å²) in [5.41, 5.74) is 21.0. The molecule has 14 heteroatoms. The largest absolute Gasteiger partial charge is 0.480 e. The van der Waals surface area contributed by atoms with Crippen LogP contribution in [0.25, 0.3) is 0 Å². The van der Waals surface area contributed by atoms with E-state index in [1.165, 1.54) is 13.8 Å². The van der Waals surface area contributed by atoms with Gasteiger partial charge in [0.05, 0.1) is 6.04 Å². The standard InChI is InChI=1S/C17H32N8O6/c1-8(24-15(29)10(18)5-6-12(19)26)13(27)23-9(2)14(28)25-11(16(30)31)4-3-7-22-17(20)21/h8-11H,3-7,18H2,1-2H3,(H2,19,26)(H,23,27)(H,24,29)(H,25,28)(H,30,31)(H4,20,21,22). The van der Waals surface area contributed by atoms with E-state index in [0.717, 1.165) is 0 Å². The second kappa shape index (κ2) is 13.7. The first-order valence-electron chi connectivity index (χ1n) is 9.58. The SMILES string of the molecule is CC(NC(=O)C(N)CCC(N)=O)C(=O)NC(C)C(=O)NC(CCCN=C(N)N)C(=O)O. The molecule has 0 aromatic heterocycles. The molecular weight excluding hydrogens is 412 g/mol. The smallest absolute Gasteiger partial charge is 0.326 e. The lowest BCUT2D eigenvalue weighted by molar-refractivity contribution is -0.142. The van der Waals surface area contributed by atoms with Crippen molar-refractivity contribution in [3.05, 3.63) is 0 Å². The van der Waals surface area contributed by atoms with E-state index in [9.17, 15) is 29.1 Å². The Bertz CT molecular complexity index is 694. The van der Waals surface area contributed by atoms with Crippen LogP contribution in [0.1, 0.15) is 39.5 Å². The second-order valence-corrected chi connectivity index (χ2v) is 6.92. The molecule has 0 radical (unpaired) electrons. The van der Waals surface area contributed by atoms with E-state index in [-0.39, 0.29) is 31.8 Å². The topological polar surface area (TPSA) is 258 Å². The highest BCUT2D eigenvalue weighted by Gasteiger charge is 2.26. The Kier molecular flexibility index (Phi) is 12.2. The molecule has 31 heavy (non-hydrogen) atoms. The van der Waals surface area contributed by atoms with Crippen molar-refractivity contribution in [1.82, 2.24) is 16.0 Å². The first-order valence-corrected chi connectivity index (χ1v) is 9.58. The Morgan fingerprint density at radius 3 is 1.87 bits per heavy atom. The van der Waals surface area contributed by atoms with Gasteiger partial charge in [-0.3, -0.25) is 24.2 Å². The maximum absolute atomic E-state index is 12.2. The summed E-state index contributed by atoms with van der Waals surface area (Å²) in [7, 11) is 0. The highest BCUT2D eigenvalue weighted by atomic mass is 16.4. The first kappa shape index (κ1) is 27.6. The van der Waals surface area contributed by atoms with Gasteiger partial charge in [0.1, 0.15) is 18.1 Å². The van der Waals surface area contributed by atoms with Gasteiger partial charge in [-0.2, -0.15) is 0 Å². The molecule has 0 aromatic carbocycles. The third-order valence-corrected chi connectivity index (χ3v) is 4.10. The van der Waals surface area contributed by atoms with Gasteiger partial charge in [-0.05, 0) is 33.1 Å². The number of rotatable bonds is 14. The van der Waals surface area contributed by atoms with Crippen molar-refractivity contribution in [3.8, 4) is 0 Å². The predicted molar refractivity (Wildman–Crippen MR) is 111 cm³/mol. The van der Waals surface area contributed by atoms with Gasteiger partial charge < -0.3 is 44.0 Å². The van der Waals surface area contributed by atoms with Gasteiger partial charge in [0.2, 0.25) is 23.6 Å². The van der Waals surface area contributed by atoms with E-state index in [1.807, 2.05) is 0 Å². The molecule has 0 saturated carbocycles. The minimum Gasteiger partial charge on any atom is -0.480 e. The zero-order valence-corrected chi connectivity index (χ0v) is 17.6. The van der Waals surface area contributed by atoms with Gasteiger partial charge in [-0.25, -0.2) is 4.79 Å². The Morgan fingerprint density at radius 2 is 1.39 bits per heavy atom. The van der Waals surface area contributed by atoms with Gasteiger partial charge in [0.15, 0.2) is 5.96 Å². The Balaban J connectivity index is 4.62. The zero-order chi connectivity index (χ0) is 24.1. The predicted octanol–water partition coefficient (Wildman–Crippen LogP) is -3.79. The van der Waals surface area contributed by atoms with Gasteiger partial charge in [0, 0.05) is 13.0 Å². The summed E-state index contributed by atoms with van der Waals surface area (Å²) in [4.78, 5) is 62.2. The zero-order valence-electron chi connectivity index (χ0n) is 17.6. The Labute approximate surface area is 179 Å². The Hall–Kier alpha value is -3.42. The lowest BCUT2D eigenvalue weighted by atomic mass is 10.1. The third-order valence-electron chi connectivity index (χ3n) is 4.10. The molecule has 4 atom stereocenters. The van der Waals surface area contributed by atoms with Crippen LogP contribution in [0.15, 0.2) is 4.99 Å². The molecule has 0 rings (SSSR count). The molecule has 0 fully saturated rings. The van der Waals surface area contributed by atoms with Crippen molar-refractivity contribution in [1.29, 1.82) is 0 Å². The van der Waals surface area contributed by atoms with Crippen LogP contribution in [0.5, 0.6) is 0 Å². The van der Waals surface area contributed by atoms with Crippen molar-refractivity contribution in [2.24, 2.45) is 27.9 Å². The summed E-state index contributed by atoms with van der Waals surface area (Å²) < 4.78 is 0. The number of carbonyl (C=O) groups is 5. The number of nitrogens with two attached hydrogens (primary N) is 4. The molecule has 0 saturated heterocycles. The van der Waals surface area contributed by atoms with Crippen LogP contribution in [0.2, 0.25) is 0 Å². The highest BCUT2D eigenvalue weighted by Crippen LogP contribution is 2.00. The van der Waals surface area contributed by atoms with E-state index in [4.69, 9.17) is 22.9 Å². The van der Waals surface area contributed by atoms with Crippen LogP contribution in [0.4, 0.5) is 0 Å². The van der Waals surface area contributed by atoms with Crippen molar-refractivity contribution < 1.29 is 29.1 Å². The first-order chi connectivity index (χ1) is 14.3. The number of carbonyl (C=O) groups excluding carboxylic acids is 4. The van der Waals surface area contributed by atoms with Crippen molar-refractivity contribution >= 4 is 35.6 Å². The normalized spacial score (nSPS) is 14.3. The molecule has 176 valence electrons. The molecule has 0 aliphatic carbocycles. The van der Waals surface area contributed by atoms with Crippen LogP contribution in [-0.4, -0.2) is 71.4 Å². The number of aliphatic carboxylic acids is 1. The van der Waals surface area contributed by atoms with Crippen molar-refractivity contribution in [2.45, 2.75) is 63.7 Å². The molecule has 0 spiro atoms. The number of nitrogens with zero attached hydrogens (tertiary/aromatic N) is 1. The number of carboxylic acid groups (broad SMARTS) is 1. The van der Waals surface area contributed by atoms with E-state index in [1.54, 1.807) is 0 Å². The van der Waals surface area contributed by atoms with E-state index in [0.29, 0.717) is 6.42 Å². The number of guanidine groups is 1. The van der Waals surface area contributed by atoms with E-state index in [2.05, 4.69) is 20.9 Å². The summed E-state index contributed by atoms with van der Waals surface area (Å²) >= 11 is 0. The summed E-state index contributed by atoms with van der Waals surface area (Å²) in [5.74, 6) is -4.04. The fourth-order valence-electron chi connectivity index (χ4n) is 2.28. The highest BCUT2D eigenvalue weighted by molar-refractivity contribution is 5.93. The van der Waals surface area contributed by atoms with Gasteiger partial charge in [-0.15, -0.1) is 0 Å². The molecular formula is C17H32N8O6. The van der Waals surface area contributed by atoms with Gasteiger partial charge in [-0.1, -0.05) is 0 Å². The minimum atomic E-state index is -1.25. The number of hydrogen-bond donors (Lipinski definition) is 8. The maximum atomic E-state index is 12.2. The Morgan fingerprint density at radius 1 is 0.871 bits per heavy atom. The number of nitrogens with one attached hydrogen (secondary N) is 3. The molecule has 0 aromatic rings. The van der Waals surface area contributed by atoms with Crippen LogP contribution in [0, 0.1) is 0 Å². The molecule has 14 nitrogen and oxygen atoms in total. The summed E-state index contributed by atoms with van der Waals surface area (Å²) in [6.45, 7) is 2.94. The second-order valence-electron chi connectivity index (χ2n) is 6.92. The lowest BCUT2D eigenvalue weighted by Crippen LogP contribution is -2.55. The molecule has 0 aliphatic rings. The van der Waals surface area contributed by atoms with Crippen LogP contribution in [-0.2, 0) is 24.0 Å². The van der Waals surface area contributed by atoms with Crippen LogP contribution in [0.3, 0.4) is 0 Å². The van der Waals surface area contributed by atoms with Gasteiger partial charge in [0.25, 0.3) is 0 Å². The average molecular weight is 444 g/mol. The number of hydrogen-bond acceptors (Lipinski definition) is 7. The fourth-order valence-corrected chi connectivity index (χ4v) is 2.28. The fraction of sp³-hybridized carbons (Fsp3) is 0.647. The van der Waals surface area contributed by atoms with Gasteiger partial charge >= 0.3 is 5.97 Å². The molecule has 12 N–H and O–H groups in total. The minimum absolute atomic E-state index is 0.0219. The van der Waals surface area contributed by atoms with Crippen molar-refractivity contribution in [2.75, 3.05) is 6.54 Å². The molecule has 0 bridgehead atoms. The number of carboxylic acids is 1. The summed E-state index contributed by atoms with van der Waals surface area (Å²) in [6, 6.07) is -4.33. The number of amides is 4. The van der Waals surface area contributed by atoms with E-state index >= 15 is 0 Å². The van der Waals surface area contributed by atoms with Crippen LogP contribution < -0.4 is 38.9 Å². The summed E-state index contributed by atoms with van der Waals surface area (Å²) in [6.07, 6.45) is 0.334. The third kappa shape index (κ3) is 12.0.